The molecule has 2 N–H and O–H groups in total. The minimum absolute atomic E-state index is 0.0580. The van der Waals surface area contributed by atoms with Crippen LogP contribution in [0.3, 0.4) is 0 Å². The highest BCUT2D eigenvalue weighted by atomic mass is 16.2. The number of amides is 1. The summed E-state index contributed by atoms with van der Waals surface area (Å²) < 4.78 is 0. The fourth-order valence-corrected chi connectivity index (χ4v) is 3.13. The van der Waals surface area contributed by atoms with Crippen LogP contribution in [0, 0.1) is 0 Å². The molecule has 2 aliphatic rings. The molecule has 96 valence electrons. The Morgan fingerprint density at radius 2 is 1.94 bits per heavy atom. The molecule has 2 unspecified atom stereocenters. The Morgan fingerprint density at radius 1 is 1.28 bits per heavy atom. The van der Waals surface area contributed by atoms with E-state index < -0.39 is 0 Å². The Hall–Kier alpha value is -1.35. The van der Waals surface area contributed by atoms with Crippen LogP contribution in [0.5, 0.6) is 0 Å². The van der Waals surface area contributed by atoms with Crippen molar-refractivity contribution in [2.24, 2.45) is 5.73 Å². The third kappa shape index (κ3) is 1.83. The average Bonchev–Trinajstić information content (AvgIpc) is 3.15. The first-order chi connectivity index (χ1) is 8.72. The number of nitrogens with two attached hydrogens (primary N) is 1. The molecule has 3 rings (SSSR count). The van der Waals surface area contributed by atoms with Crippen LogP contribution in [-0.4, -0.2) is 23.4 Å². The molecule has 3 heteroatoms. The standard InChI is InChI=1S/C15H20N2O/c1-2-17-14(18)9-13(16)15(17)12-6-4-3-5-11(12)10-7-8-10/h3-6,10,13,15H,2,7-9,16H2,1H3. The largest absolute Gasteiger partial charge is 0.334 e. The number of rotatable bonds is 3. The molecular formula is C15H20N2O. The third-order valence-electron chi connectivity index (χ3n) is 4.14. The summed E-state index contributed by atoms with van der Waals surface area (Å²) in [6.07, 6.45) is 3.04. The summed E-state index contributed by atoms with van der Waals surface area (Å²) in [7, 11) is 0. The van der Waals surface area contributed by atoms with Crippen LogP contribution in [0.4, 0.5) is 0 Å². The maximum absolute atomic E-state index is 11.9. The van der Waals surface area contributed by atoms with E-state index in [1.165, 1.54) is 24.0 Å². The lowest BCUT2D eigenvalue weighted by atomic mass is 9.93. The summed E-state index contributed by atoms with van der Waals surface area (Å²) in [6, 6.07) is 8.53. The van der Waals surface area contributed by atoms with Gasteiger partial charge in [0.25, 0.3) is 0 Å². The van der Waals surface area contributed by atoms with Gasteiger partial charge in [-0.2, -0.15) is 0 Å². The topological polar surface area (TPSA) is 46.3 Å². The second kappa shape index (κ2) is 4.39. The van der Waals surface area contributed by atoms with Crippen molar-refractivity contribution in [2.75, 3.05) is 6.54 Å². The van der Waals surface area contributed by atoms with Gasteiger partial charge in [0, 0.05) is 19.0 Å². The number of hydrogen-bond acceptors (Lipinski definition) is 2. The third-order valence-corrected chi connectivity index (χ3v) is 4.14. The predicted molar refractivity (Wildman–Crippen MR) is 71.1 cm³/mol. The van der Waals surface area contributed by atoms with E-state index in [1.54, 1.807) is 0 Å². The Kier molecular flexibility index (Phi) is 2.86. The lowest BCUT2D eigenvalue weighted by Crippen LogP contribution is -2.33. The van der Waals surface area contributed by atoms with Gasteiger partial charge >= 0.3 is 0 Å². The van der Waals surface area contributed by atoms with Crippen molar-refractivity contribution in [1.29, 1.82) is 0 Å². The second-order valence-corrected chi connectivity index (χ2v) is 5.40. The number of likely N-dealkylation sites (N-methyl/N-ethyl adjacent to an activating group) is 1. The number of carbonyl (C=O) groups is 1. The lowest BCUT2D eigenvalue weighted by Gasteiger charge is -2.28. The molecule has 0 spiro atoms. The molecule has 0 radical (unpaired) electrons. The van der Waals surface area contributed by atoms with E-state index in [0.717, 1.165) is 6.54 Å². The van der Waals surface area contributed by atoms with Gasteiger partial charge in [-0.1, -0.05) is 24.3 Å². The van der Waals surface area contributed by atoms with Gasteiger partial charge < -0.3 is 10.6 Å². The molecule has 18 heavy (non-hydrogen) atoms. The molecule has 1 saturated heterocycles. The van der Waals surface area contributed by atoms with E-state index in [4.69, 9.17) is 5.73 Å². The van der Waals surface area contributed by atoms with Gasteiger partial charge in [-0.15, -0.1) is 0 Å². The minimum atomic E-state index is -0.0580. The zero-order chi connectivity index (χ0) is 12.7. The maximum atomic E-state index is 11.9. The molecule has 1 aliphatic carbocycles. The summed E-state index contributed by atoms with van der Waals surface area (Å²) in [6.45, 7) is 2.78. The lowest BCUT2D eigenvalue weighted by molar-refractivity contribution is -0.128. The first-order valence-electron chi connectivity index (χ1n) is 6.86. The molecule has 3 nitrogen and oxygen atoms in total. The summed E-state index contributed by atoms with van der Waals surface area (Å²) in [4.78, 5) is 13.9. The van der Waals surface area contributed by atoms with Crippen LogP contribution in [0.15, 0.2) is 24.3 Å². The highest BCUT2D eigenvalue weighted by molar-refractivity contribution is 5.80. The normalized spacial score (nSPS) is 27.9. The van der Waals surface area contributed by atoms with Crippen molar-refractivity contribution in [3.63, 3.8) is 0 Å². The fourth-order valence-electron chi connectivity index (χ4n) is 3.13. The molecule has 1 aromatic rings. The first-order valence-corrected chi connectivity index (χ1v) is 6.86. The van der Waals surface area contributed by atoms with Gasteiger partial charge in [0.15, 0.2) is 0 Å². The molecule has 0 aromatic heterocycles. The number of benzene rings is 1. The highest BCUT2D eigenvalue weighted by Crippen LogP contribution is 2.45. The molecule has 0 bridgehead atoms. The molecule has 1 amide bonds. The molecule has 1 aliphatic heterocycles. The SMILES string of the molecule is CCN1C(=O)CC(N)C1c1ccccc1C1CC1. The molecular weight excluding hydrogens is 224 g/mol. The van der Waals surface area contributed by atoms with E-state index in [1.807, 2.05) is 11.8 Å². The minimum Gasteiger partial charge on any atom is -0.334 e. The molecule has 2 fully saturated rings. The molecule has 1 aromatic carbocycles. The smallest absolute Gasteiger partial charge is 0.224 e. The molecule has 2 atom stereocenters. The number of carbonyl (C=O) groups excluding carboxylic acids is 1. The van der Waals surface area contributed by atoms with Crippen LogP contribution in [0.25, 0.3) is 0 Å². The van der Waals surface area contributed by atoms with Crippen molar-refractivity contribution in [2.45, 2.75) is 44.2 Å². The zero-order valence-corrected chi connectivity index (χ0v) is 10.8. The Labute approximate surface area is 108 Å². The summed E-state index contributed by atoms with van der Waals surface area (Å²) in [5.74, 6) is 0.892. The maximum Gasteiger partial charge on any atom is 0.224 e. The van der Waals surface area contributed by atoms with Gasteiger partial charge in [0.05, 0.1) is 6.04 Å². The summed E-state index contributed by atoms with van der Waals surface area (Å²) >= 11 is 0. The van der Waals surface area contributed by atoms with E-state index in [9.17, 15) is 4.79 Å². The van der Waals surface area contributed by atoms with Crippen molar-refractivity contribution < 1.29 is 4.79 Å². The average molecular weight is 244 g/mol. The fraction of sp³-hybridized carbons (Fsp3) is 0.533. The zero-order valence-electron chi connectivity index (χ0n) is 10.8. The van der Waals surface area contributed by atoms with Crippen LogP contribution < -0.4 is 5.73 Å². The molecule has 1 saturated carbocycles. The Balaban J connectivity index is 2.00. The number of hydrogen-bond donors (Lipinski definition) is 1. The quantitative estimate of drug-likeness (QED) is 0.886. The van der Waals surface area contributed by atoms with E-state index in [2.05, 4.69) is 24.3 Å². The Bertz CT molecular complexity index is 467. The van der Waals surface area contributed by atoms with Crippen molar-refractivity contribution >= 4 is 5.91 Å². The second-order valence-electron chi connectivity index (χ2n) is 5.40. The van der Waals surface area contributed by atoms with Crippen LogP contribution in [0.1, 0.15) is 49.3 Å². The van der Waals surface area contributed by atoms with Gasteiger partial charge in [0.1, 0.15) is 0 Å². The predicted octanol–water partition coefficient (Wildman–Crippen LogP) is 2.18. The Morgan fingerprint density at radius 3 is 2.56 bits per heavy atom. The number of likely N-dealkylation sites (tertiary alicyclic amines) is 1. The van der Waals surface area contributed by atoms with Crippen LogP contribution in [-0.2, 0) is 4.79 Å². The van der Waals surface area contributed by atoms with Gasteiger partial charge in [-0.25, -0.2) is 0 Å². The summed E-state index contributed by atoms with van der Waals surface area (Å²) in [5, 5.41) is 0. The van der Waals surface area contributed by atoms with E-state index in [-0.39, 0.29) is 18.0 Å². The van der Waals surface area contributed by atoms with Crippen molar-refractivity contribution in [3.8, 4) is 0 Å². The summed E-state index contributed by atoms with van der Waals surface area (Å²) in [5.41, 5.74) is 8.88. The van der Waals surface area contributed by atoms with Gasteiger partial charge in [-0.05, 0) is 36.8 Å². The van der Waals surface area contributed by atoms with Crippen LogP contribution >= 0.6 is 0 Å². The van der Waals surface area contributed by atoms with E-state index in [0.29, 0.717) is 12.3 Å². The van der Waals surface area contributed by atoms with Gasteiger partial charge in [-0.3, -0.25) is 4.79 Å². The van der Waals surface area contributed by atoms with Crippen molar-refractivity contribution in [1.82, 2.24) is 4.90 Å². The first kappa shape index (κ1) is 11.7. The van der Waals surface area contributed by atoms with Crippen LogP contribution in [0.2, 0.25) is 0 Å². The van der Waals surface area contributed by atoms with Crippen molar-refractivity contribution in [3.05, 3.63) is 35.4 Å². The van der Waals surface area contributed by atoms with E-state index >= 15 is 0 Å². The number of nitrogens with zero attached hydrogens (tertiary/aromatic N) is 1. The highest BCUT2D eigenvalue weighted by Gasteiger charge is 2.40. The monoisotopic (exact) mass is 244 g/mol. The molecule has 1 heterocycles. The van der Waals surface area contributed by atoms with Gasteiger partial charge in [0.2, 0.25) is 5.91 Å².